The molecule has 1 unspecified atom stereocenters. The Hall–Kier alpha value is -0.450. The summed E-state index contributed by atoms with van der Waals surface area (Å²) in [6.07, 6.45) is 26.9. The van der Waals surface area contributed by atoms with Gasteiger partial charge in [-0.1, -0.05) is 69.8 Å². The summed E-state index contributed by atoms with van der Waals surface area (Å²) in [6.45, 7) is 2.30. The summed E-state index contributed by atoms with van der Waals surface area (Å²) in [7, 11) is 0.940. The fourth-order valence-electron chi connectivity index (χ4n) is 3.96. The van der Waals surface area contributed by atoms with E-state index in [2.05, 4.69) is 31.2 Å². The number of hydrogen-bond acceptors (Lipinski definition) is 2. The van der Waals surface area contributed by atoms with Crippen LogP contribution in [0.25, 0.3) is 0 Å². The van der Waals surface area contributed by atoms with E-state index in [1.165, 1.54) is 64.2 Å². The van der Waals surface area contributed by atoms with Gasteiger partial charge in [-0.25, -0.2) is 0 Å². The zero-order chi connectivity index (χ0) is 24.3. The maximum Gasteiger partial charge on any atom is 0.362 e. The van der Waals surface area contributed by atoms with Gasteiger partial charge in [0.15, 0.2) is 0 Å². The monoisotopic (exact) mass is 474 g/mol. The first kappa shape index (κ1) is 31.6. The van der Waals surface area contributed by atoms with E-state index in [0.29, 0.717) is 10.9 Å². The van der Waals surface area contributed by atoms with Crippen molar-refractivity contribution in [2.75, 3.05) is 27.7 Å². The Bertz CT molecular complexity index is 551. The van der Waals surface area contributed by atoms with Crippen molar-refractivity contribution in [3.8, 4) is 0 Å². The minimum Gasteiger partial charge on any atom is -0.373 e. The molecule has 0 fully saturated rings. The molecule has 0 aromatic heterocycles. The van der Waals surface area contributed by atoms with Crippen molar-refractivity contribution >= 4 is 7.60 Å². The van der Waals surface area contributed by atoms with Gasteiger partial charge in [0.1, 0.15) is 6.54 Å². The van der Waals surface area contributed by atoms with Gasteiger partial charge in [-0.2, -0.15) is 0 Å². The average molecular weight is 475 g/mol. The highest BCUT2D eigenvalue weighted by Crippen LogP contribution is 2.52. The van der Waals surface area contributed by atoms with Crippen LogP contribution >= 0.6 is 7.60 Å². The highest BCUT2D eigenvalue weighted by atomic mass is 31.2. The molecule has 0 bridgehead atoms. The third-order valence-corrected chi connectivity index (χ3v) is 7.22. The predicted molar refractivity (Wildman–Crippen MR) is 138 cm³/mol. The van der Waals surface area contributed by atoms with Crippen LogP contribution in [-0.4, -0.2) is 52.4 Å². The van der Waals surface area contributed by atoms with Crippen LogP contribution < -0.4 is 0 Å². The van der Waals surface area contributed by atoms with Crippen molar-refractivity contribution in [3.63, 3.8) is 0 Å². The fraction of sp³-hybridized carbons (Fsp3) is 0.846. The summed E-state index contributed by atoms with van der Waals surface area (Å²) >= 11 is 0. The fourth-order valence-corrected chi connectivity index (χ4v) is 5.02. The van der Waals surface area contributed by atoms with E-state index in [-0.39, 0.29) is 13.0 Å². The summed E-state index contributed by atoms with van der Waals surface area (Å²) in [6, 6.07) is 0. The lowest BCUT2D eigenvalue weighted by atomic mass is 10.1. The van der Waals surface area contributed by atoms with Crippen LogP contribution in [0.1, 0.15) is 110 Å². The molecule has 6 heteroatoms. The standard InChI is InChI=1S/C26H52NO4P/c1-5-6-7-8-9-10-11-12-13-14-15-16-17-18-19-20-21-22-23-24-26(28,32(29,30)31)25-27(2,3)4/h11-12,18-19,28H,5-10,13-17,20-25H2,1-4H3,(H-,29,30,31)/p+1/b12-11-,19-18-. The first-order valence-corrected chi connectivity index (χ1v) is 14.5. The van der Waals surface area contributed by atoms with Gasteiger partial charge in [-0.15, -0.1) is 0 Å². The summed E-state index contributed by atoms with van der Waals surface area (Å²) in [5, 5.41) is 8.60. The lowest BCUT2D eigenvalue weighted by Crippen LogP contribution is -2.49. The topological polar surface area (TPSA) is 77.8 Å². The number of hydrogen-bond donors (Lipinski definition) is 3. The lowest BCUT2D eigenvalue weighted by Gasteiger charge is -2.35. The minimum absolute atomic E-state index is 0.0476. The van der Waals surface area contributed by atoms with E-state index >= 15 is 0 Å². The average Bonchev–Trinajstić information content (AvgIpc) is 2.67. The largest absolute Gasteiger partial charge is 0.373 e. The zero-order valence-electron chi connectivity index (χ0n) is 21.5. The van der Waals surface area contributed by atoms with Gasteiger partial charge in [0, 0.05) is 0 Å². The molecule has 0 heterocycles. The molecule has 5 nitrogen and oxygen atoms in total. The van der Waals surface area contributed by atoms with Crippen LogP contribution in [-0.2, 0) is 4.57 Å². The zero-order valence-corrected chi connectivity index (χ0v) is 22.4. The van der Waals surface area contributed by atoms with Gasteiger partial charge in [-0.05, 0) is 64.2 Å². The van der Waals surface area contributed by atoms with Gasteiger partial charge in [0.2, 0.25) is 5.34 Å². The summed E-state index contributed by atoms with van der Waals surface area (Å²) < 4.78 is 12.1. The summed E-state index contributed by atoms with van der Waals surface area (Å²) in [5.41, 5.74) is 0. The molecule has 0 aliphatic heterocycles. The van der Waals surface area contributed by atoms with E-state index in [1.807, 2.05) is 21.1 Å². The van der Waals surface area contributed by atoms with E-state index in [4.69, 9.17) is 0 Å². The van der Waals surface area contributed by atoms with E-state index in [0.717, 1.165) is 25.7 Å². The molecule has 0 saturated carbocycles. The number of allylic oxidation sites excluding steroid dienone is 4. The molecule has 0 rings (SSSR count). The smallest absolute Gasteiger partial charge is 0.362 e. The maximum absolute atomic E-state index is 11.8. The molecule has 0 saturated heterocycles. The highest BCUT2D eigenvalue weighted by Gasteiger charge is 2.48. The van der Waals surface area contributed by atoms with Crippen molar-refractivity contribution in [1.29, 1.82) is 0 Å². The van der Waals surface area contributed by atoms with E-state index in [9.17, 15) is 19.5 Å². The molecule has 0 aromatic carbocycles. The van der Waals surface area contributed by atoms with Crippen LogP contribution in [0, 0.1) is 0 Å². The number of quaternary nitrogens is 1. The van der Waals surface area contributed by atoms with Gasteiger partial charge < -0.3 is 19.4 Å². The lowest BCUT2D eigenvalue weighted by molar-refractivity contribution is -0.875. The highest BCUT2D eigenvalue weighted by molar-refractivity contribution is 7.53. The number of aliphatic hydroxyl groups is 1. The van der Waals surface area contributed by atoms with Gasteiger partial charge in [0.25, 0.3) is 0 Å². The van der Waals surface area contributed by atoms with Crippen LogP contribution in [0.3, 0.4) is 0 Å². The summed E-state index contributed by atoms with van der Waals surface area (Å²) in [4.78, 5) is 19.2. The number of unbranched alkanes of at least 4 members (excludes halogenated alkanes) is 12. The second-order valence-corrected chi connectivity index (χ2v) is 12.3. The Balaban J connectivity index is 3.69. The van der Waals surface area contributed by atoms with Crippen LogP contribution in [0.4, 0.5) is 0 Å². The van der Waals surface area contributed by atoms with E-state index < -0.39 is 12.9 Å². The van der Waals surface area contributed by atoms with Crippen LogP contribution in [0.5, 0.6) is 0 Å². The van der Waals surface area contributed by atoms with Crippen molar-refractivity contribution in [2.24, 2.45) is 0 Å². The Morgan fingerprint density at radius 3 is 1.44 bits per heavy atom. The molecule has 0 aromatic rings. The Morgan fingerprint density at radius 1 is 0.688 bits per heavy atom. The minimum atomic E-state index is -4.56. The van der Waals surface area contributed by atoms with Crippen LogP contribution in [0.2, 0.25) is 0 Å². The molecule has 0 amide bonds. The molecule has 0 spiro atoms. The number of nitrogens with zero attached hydrogens (tertiary/aromatic N) is 1. The first-order valence-electron chi connectivity index (χ1n) is 12.9. The van der Waals surface area contributed by atoms with Gasteiger partial charge >= 0.3 is 7.60 Å². The Morgan fingerprint density at radius 2 is 1.06 bits per heavy atom. The summed E-state index contributed by atoms with van der Waals surface area (Å²) in [5.74, 6) is 0. The van der Waals surface area contributed by atoms with Crippen molar-refractivity contribution in [3.05, 3.63) is 24.3 Å². The molecule has 1 atom stereocenters. The molecular weight excluding hydrogens is 421 g/mol. The van der Waals surface area contributed by atoms with E-state index in [1.54, 1.807) is 0 Å². The first-order chi connectivity index (χ1) is 15.0. The van der Waals surface area contributed by atoms with Crippen molar-refractivity contribution in [1.82, 2.24) is 0 Å². The van der Waals surface area contributed by atoms with Gasteiger partial charge in [0.05, 0.1) is 21.1 Å². The third-order valence-electron chi connectivity index (χ3n) is 5.77. The van der Waals surface area contributed by atoms with Gasteiger partial charge in [-0.3, -0.25) is 4.57 Å². The quantitative estimate of drug-likeness (QED) is 0.0729. The van der Waals surface area contributed by atoms with Crippen LogP contribution in [0.15, 0.2) is 24.3 Å². The van der Waals surface area contributed by atoms with Crippen molar-refractivity contribution in [2.45, 2.75) is 115 Å². The number of likely N-dealkylation sites (N-methyl/N-ethyl adjacent to an activating group) is 1. The second kappa shape index (κ2) is 18.0. The molecule has 0 radical (unpaired) electrons. The predicted octanol–water partition coefficient (Wildman–Crippen LogP) is 6.93. The molecule has 0 aliphatic rings. The Labute approximate surface area is 198 Å². The molecular formula is C26H53NO4P+. The molecule has 3 N–H and O–H groups in total. The third kappa shape index (κ3) is 18.0. The number of rotatable bonds is 21. The Kier molecular flexibility index (Phi) is 17.7. The SMILES string of the molecule is CCCCCCC/C=C\CCCCC/C=C\CCCCCC(O)(C[N+](C)(C)C)P(=O)(O)O. The molecule has 32 heavy (non-hydrogen) atoms. The molecule has 0 aliphatic carbocycles. The maximum atomic E-state index is 11.8. The van der Waals surface area contributed by atoms with Crippen molar-refractivity contribution < 1.29 is 23.9 Å². The normalized spacial score (nSPS) is 15.1. The molecule has 190 valence electrons. The second-order valence-electron chi connectivity index (χ2n) is 10.4.